The van der Waals surface area contributed by atoms with Crippen LogP contribution in [0.25, 0.3) is 0 Å². The van der Waals surface area contributed by atoms with E-state index in [-0.39, 0.29) is 6.54 Å². The Bertz CT molecular complexity index is 369. The third-order valence-corrected chi connectivity index (χ3v) is 3.69. The van der Waals surface area contributed by atoms with Crippen LogP contribution in [-0.2, 0) is 4.74 Å². The number of carbonyl (C=O) groups is 1. The Kier molecular flexibility index (Phi) is 5.94. The highest BCUT2D eigenvalue weighted by Crippen LogP contribution is 2.55. The number of rotatable bonds is 5. The maximum Gasteiger partial charge on any atom is 0.404 e. The standard InChI is InChI=1S/C12H18F6N2O2/c1-22-7-3-2-5-19-9(21)20-6-4-10(8-20,11(13,14)15)12(16,17)18/h2-8H2,1H3,(H,19,21). The average molecular weight is 336 g/mol. The molecule has 1 fully saturated rings. The summed E-state index contributed by atoms with van der Waals surface area (Å²) < 4.78 is 81.9. The lowest BCUT2D eigenvalue weighted by atomic mass is 9.85. The number of halogens is 6. The van der Waals surface area contributed by atoms with Crippen molar-refractivity contribution in [3.8, 4) is 0 Å². The van der Waals surface area contributed by atoms with Gasteiger partial charge in [-0.2, -0.15) is 26.3 Å². The molecule has 0 spiro atoms. The van der Waals surface area contributed by atoms with E-state index in [1.807, 2.05) is 0 Å². The second kappa shape index (κ2) is 6.93. The number of likely N-dealkylation sites (tertiary alicyclic amines) is 1. The van der Waals surface area contributed by atoms with Crippen LogP contribution in [0.4, 0.5) is 31.1 Å². The van der Waals surface area contributed by atoms with Gasteiger partial charge in [-0.1, -0.05) is 0 Å². The summed E-state index contributed by atoms with van der Waals surface area (Å²) in [5.41, 5.74) is -3.84. The highest BCUT2D eigenvalue weighted by molar-refractivity contribution is 5.74. The molecule has 1 rings (SSSR count). The molecule has 1 aliphatic heterocycles. The van der Waals surface area contributed by atoms with Gasteiger partial charge in [-0.3, -0.25) is 0 Å². The summed E-state index contributed by atoms with van der Waals surface area (Å²) >= 11 is 0. The van der Waals surface area contributed by atoms with E-state index >= 15 is 0 Å². The zero-order valence-corrected chi connectivity index (χ0v) is 12.0. The number of ether oxygens (including phenoxy) is 1. The second-order valence-electron chi connectivity index (χ2n) is 5.18. The number of nitrogens with zero attached hydrogens (tertiary/aromatic N) is 1. The molecule has 0 aromatic heterocycles. The molecule has 1 heterocycles. The molecule has 1 aliphatic rings. The van der Waals surface area contributed by atoms with E-state index in [1.54, 1.807) is 0 Å². The largest absolute Gasteiger partial charge is 0.404 e. The first kappa shape index (κ1) is 18.9. The van der Waals surface area contributed by atoms with Crippen LogP contribution >= 0.6 is 0 Å². The van der Waals surface area contributed by atoms with Crippen molar-refractivity contribution < 1.29 is 35.9 Å². The summed E-state index contributed by atoms with van der Waals surface area (Å²) in [6.07, 6.45) is -10.9. The third-order valence-electron chi connectivity index (χ3n) is 3.69. The first-order chi connectivity index (χ1) is 10.0. The first-order valence-corrected chi connectivity index (χ1v) is 6.70. The van der Waals surface area contributed by atoms with Gasteiger partial charge in [0.2, 0.25) is 0 Å². The molecule has 0 unspecified atom stereocenters. The van der Waals surface area contributed by atoms with Crippen molar-refractivity contribution in [1.82, 2.24) is 10.2 Å². The molecular weight excluding hydrogens is 318 g/mol. The zero-order chi connectivity index (χ0) is 17.0. The Morgan fingerprint density at radius 1 is 1.18 bits per heavy atom. The molecule has 0 radical (unpaired) electrons. The number of hydrogen-bond donors (Lipinski definition) is 1. The number of hydrogen-bond acceptors (Lipinski definition) is 2. The molecule has 10 heteroatoms. The van der Waals surface area contributed by atoms with E-state index in [4.69, 9.17) is 4.74 Å². The lowest BCUT2D eigenvalue weighted by Gasteiger charge is -2.33. The maximum absolute atomic E-state index is 12.8. The van der Waals surface area contributed by atoms with Crippen LogP contribution in [0.2, 0.25) is 0 Å². The van der Waals surface area contributed by atoms with E-state index in [0.717, 1.165) is 0 Å². The molecule has 0 aromatic rings. The van der Waals surface area contributed by atoms with Gasteiger partial charge in [-0.25, -0.2) is 4.79 Å². The fourth-order valence-electron chi connectivity index (χ4n) is 2.29. The van der Waals surface area contributed by atoms with Gasteiger partial charge in [-0.05, 0) is 19.3 Å². The highest BCUT2D eigenvalue weighted by atomic mass is 19.4. The quantitative estimate of drug-likeness (QED) is 0.620. The molecule has 0 aromatic carbocycles. The van der Waals surface area contributed by atoms with Crippen LogP contribution in [0, 0.1) is 5.41 Å². The minimum absolute atomic E-state index is 0.170. The van der Waals surface area contributed by atoms with Crippen molar-refractivity contribution in [2.75, 3.05) is 33.4 Å². The predicted octanol–water partition coefficient (Wildman–Crippen LogP) is 2.94. The monoisotopic (exact) mass is 336 g/mol. The number of methoxy groups -OCH3 is 1. The molecule has 130 valence electrons. The van der Waals surface area contributed by atoms with Gasteiger partial charge in [-0.15, -0.1) is 0 Å². The molecule has 1 saturated heterocycles. The summed E-state index contributed by atoms with van der Waals surface area (Å²) in [5.74, 6) is 0. The van der Waals surface area contributed by atoms with Crippen molar-refractivity contribution in [3.63, 3.8) is 0 Å². The van der Waals surface area contributed by atoms with E-state index < -0.39 is 43.3 Å². The average Bonchev–Trinajstić information content (AvgIpc) is 2.83. The maximum atomic E-state index is 12.8. The second-order valence-corrected chi connectivity index (χ2v) is 5.18. The Balaban J connectivity index is 2.61. The molecular formula is C12H18F6N2O2. The van der Waals surface area contributed by atoms with Crippen molar-refractivity contribution >= 4 is 6.03 Å². The molecule has 22 heavy (non-hydrogen) atoms. The normalized spacial score (nSPS) is 18.6. The van der Waals surface area contributed by atoms with Crippen LogP contribution < -0.4 is 5.32 Å². The van der Waals surface area contributed by atoms with Gasteiger partial charge in [0.1, 0.15) is 0 Å². The van der Waals surface area contributed by atoms with E-state index in [0.29, 0.717) is 24.3 Å². The Morgan fingerprint density at radius 2 is 1.77 bits per heavy atom. The predicted molar refractivity (Wildman–Crippen MR) is 65.2 cm³/mol. The number of unbranched alkanes of at least 4 members (excludes halogenated alkanes) is 1. The van der Waals surface area contributed by atoms with Gasteiger partial charge in [0.15, 0.2) is 5.41 Å². The van der Waals surface area contributed by atoms with Crippen LogP contribution in [-0.4, -0.2) is 56.6 Å². The fraction of sp³-hybridized carbons (Fsp3) is 0.917. The van der Waals surface area contributed by atoms with Crippen molar-refractivity contribution in [3.05, 3.63) is 0 Å². The summed E-state index contributed by atoms with van der Waals surface area (Å²) in [5, 5.41) is 2.32. The molecule has 0 bridgehead atoms. The van der Waals surface area contributed by atoms with E-state index in [2.05, 4.69) is 5.32 Å². The van der Waals surface area contributed by atoms with Gasteiger partial charge in [0, 0.05) is 33.4 Å². The van der Waals surface area contributed by atoms with Gasteiger partial charge in [0.25, 0.3) is 0 Å². The van der Waals surface area contributed by atoms with Gasteiger partial charge in [0.05, 0.1) is 0 Å². The summed E-state index contributed by atoms with van der Waals surface area (Å²) in [7, 11) is 1.50. The number of nitrogens with one attached hydrogen (secondary N) is 1. The lowest BCUT2D eigenvalue weighted by molar-refractivity contribution is -0.334. The van der Waals surface area contributed by atoms with Gasteiger partial charge < -0.3 is 15.0 Å². The van der Waals surface area contributed by atoms with Crippen molar-refractivity contribution in [2.24, 2.45) is 5.41 Å². The topological polar surface area (TPSA) is 41.6 Å². The fourth-order valence-corrected chi connectivity index (χ4v) is 2.29. The molecule has 2 amide bonds. The summed E-state index contributed by atoms with van der Waals surface area (Å²) in [6.45, 7) is -1.35. The Morgan fingerprint density at radius 3 is 2.23 bits per heavy atom. The number of urea groups is 1. The van der Waals surface area contributed by atoms with Gasteiger partial charge >= 0.3 is 18.4 Å². The number of carbonyl (C=O) groups excluding carboxylic acids is 1. The van der Waals surface area contributed by atoms with Crippen LogP contribution in [0.15, 0.2) is 0 Å². The third kappa shape index (κ3) is 3.96. The van der Waals surface area contributed by atoms with Crippen LogP contribution in [0.1, 0.15) is 19.3 Å². The lowest BCUT2D eigenvalue weighted by Crippen LogP contribution is -2.52. The van der Waals surface area contributed by atoms with E-state index in [9.17, 15) is 31.1 Å². The minimum Gasteiger partial charge on any atom is -0.385 e. The van der Waals surface area contributed by atoms with Crippen LogP contribution in [0.3, 0.4) is 0 Å². The Labute approximate surface area is 123 Å². The highest BCUT2D eigenvalue weighted by Gasteiger charge is 2.72. The zero-order valence-electron chi connectivity index (χ0n) is 12.0. The van der Waals surface area contributed by atoms with E-state index in [1.165, 1.54) is 7.11 Å². The number of amides is 2. The van der Waals surface area contributed by atoms with Crippen molar-refractivity contribution in [2.45, 2.75) is 31.6 Å². The first-order valence-electron chi connectivity index (χ1n) is 6.70. The number of alkyl halides is 6. The summed E-state index contributed by atoms with van der Waals surface area (Å²) in [4.78, 5) is 12.2. The molecule has 0 saturated carbocycles. The SMILES string of the molecule is COCCCCNC(=O)N1CCC(C(F)(F)F)(C(F)(F)F)C1. The Hall–Kier alpha value is -1.19. The smallest absolute Gasteiger partial charge is 0.385 e. The molecule has 0 aliphatic carbocycles. The minimum atomic E-state index is -5.45. The molecule has 4 nitrogen and oxygen atoms in total. The van der Waals surface area contributed by atoms with Crippen molar-refractivity contribution in [1.29, 1.82) is 0 Å². The molecule has 0 atom stereocenters. The van der Waals surface area contributed by atoms with Crippen LogP contribution in [0.5, 0.6) is 0 Å². The summed E-state index contributed by atoms with van der Waals surface area (Å²) in [6, 6.07) is -0.909. The molecule has 1 N–H and O–H groups in total.